The molecule has 1 aromatic heterocycles. The molecule has 2 rings (SSSR count). The first-order valence-corrected chi connectivity index (χ1v) is 14.8. The van der Waals surface area contributed by atoms with Crippen molar-refractivity contribution < 1.29 is 34.2 Å². The van der Waals surface area contributed by atoms with E-state index in [1.165, 1.54) is 11.8 Å². The summed E-state index contributed by atoms with van der Waals surface area (Å²) < 4.78 is 0. The summed E-state index contributed by atoms with van der Waals surface area (Å²) in [5, 5.41) is 27.4. The van der Waals surface area contributed by atoms with Crippen LogP contribution in [0.1, 0.15) is 44.1 Å². The number of para-hydroxylation sites is 1. The molecule has 41 heavy (non-hydrogen) atoms. The molecule has 0 bridgehead atoms. The zero-order chi connectivity index (χ0) is 30.4. The van der Waals surface area contributed by atoms with Crippen LogP contribution in [0.15, 0.2) is 30.5 Å². The Labute approximate surface area is 242 Å². The lowest BCUT2D eigenvalue weighted by Gasteiger charge is -2.25. The molecule has 14 heteroatoms. The first kappa shape index (κ1) is 33.6. The normalized spacial score (nSPS) is 14.0. The van der Waals surface area contributed by atoms with Crippen LogP contribution in [0.4, 0.5) is 0 Å². The van der Waals surface area contributed by atoms with Crippen LogP contribution in [-0.2, 0) is 30.4 Å². The lowest BCUT2D eigenvalue weighted by Crippen LogP contribution is -2.57. The van der Waals surface area contributed by atoms with Gasteiger partial charge in [0.2, 0.25) is 17.7 Å². The summed E-state index contributed by atoms with van der Waals surface area (Å²) in [6.07, 6.45) is 4.68. The van der Waals surface area contributed by atoms with Gasteiger partial charge in [-0.25, -0.2) is 4.79 Å². The SMILES string of the molecule is CSCCC(NC(=O)C(CCC(=O)O)NC(=O)C(N)CCCCN)C(=O)NC(Cc1c[nH]c2ccccc12)C(=O)O. The highest BCUT2D eigenvalue weighted by Crippen LogP contribution is 2.19. The third-order valence-electron chi connectivity index (χ3n) is 6.54. The Morgan fingerprint density at radius 1 is 0.902 bits per heavy atom. The fourth-order valence-corrected chi connectivity index (χ4v) is 4.70. The number of nitrogens with two attached hydrogens (primary N) is 2. The number of carboxylic acids is 2. The van der Waals surface area contributed by atoms with E-state index in [-0.39, 0.29) is 19.3 Å². The number of aromatic nitrogens is 1. The van der Waals surface area contributed by atoms with Crippen LogP contribution in [0.25, 0.3) is 10.9 Å². The van der Waals surface area contributed by atoms with Crippen LogP contribution in [0, 0.1) is 0 Å². The van der Waals surface area contributed by atoms with Gasteiger partial charge in [0.15, 0.2) is 0 Å². The number of fused-ring (bicyclic) bond motifs is 1. The molecule has 2 aromatic rings. The number of carboxylic acid groups (broad SMARTS) is 2. The van der Waals surface area contributed by atoms with E-state index in [4.69, 9.17) is 16.6 Å². The Morgan fingerprint density at radius 3 is 2.17 bits per heavy atom. The van der Waals surface area contributed by atoms with Gasteiger partial charge in [-0.15, -0.1) is 0 Å². The first-order valence-electron chi connectivity index (χ1n) is 13.4. The number of aliphatic carboxylic acids is 2. The molecule has 0 aliphatic heterocycles. The second kappa shape index (κ2) is 17.3. The largest absolute Gasteiger partial charge is 0.481 e. The fourth-order valence-electron chi connectivity index (χ4n) is 4.22. The Hall–Kier alpha value is -3.62. The third kappa shape index (κ3) is 11.1. The Balaban J connectivity index is 2.15. The summed E-state index contributed by atoms with van der Waals surface area (Å²) in [5.74, 6) is -4.03. The fraction of sp³-hybridized carbons (Fsp3) is 0.519. The number of carbonyl (C=O) groups excluding carboxylic acids is 3. The van der Waals surface area contributed by atoms with Crippen molar-refractivity contribution in [1.82, 2.24) is 20.9 Å². The molecule has 0 aliphatic rings. The van der Waals surface area contributed by atoms with E-state index in [2.05, 4.69) is 20.9 Å². The summed E-state index contributed by atoms with van der Waals surface area (Å²) in [4.78, 5) is 65.4. The number of nitrogens with one attached hydrogen (secondary N) is 4. The van der Waals surface area contributed by atoms with Crippen LogP contribution < -0.4 is 27.4 Å². The van der Waals surface area contributed by atoms with Crippen LogP contribution in [0.3, 0.4) is 0 Å². The molecule has 0 saturated carbocycles. The predicted octanol–water partition coefficient (Wildman–Crippen LogP) is 0.324. The molecular formula is C27H40N6O7S. The van der Waals surface area contributed by atoms with Crippen molar-refractivity contribution in [3.8, 4) is 0 Å². The van der Waals surface area contributed by atoms with Gasteiger partial charge in [0.1, 0.15) is 18.1 Å². The first-order chi connectivity index (χ1) is 19.6. The van der Waals surface area contributed by atoms with E-state index < -0.39 is 60.2 Å². The second-order valence-corrected chi connectivity index (χ2v) is 10.7. The van der Waals surface area contributed by atoms with Crippen molar-refractivity contribution in [2.45, 2.75) is 69.1 Å². The van der Waals surface area contributed by atoms with Crippen molar-refractivity contribution in [2.75, 3.05) is 18.6 Å². The number of carbonyl (C=O) groups is 5. The molecule has 0 fully saturated rings. The Morgan fingerprint density at radius 2 is 1.54 bits per heavy atom. The molecule has 0 spiro atoms. The molecule has 13 nitrogen and oxygen atoms in total. The number of H-pyrrole nitrogens is 1. The van der Waals surface area contributed by atoms with E-state index in [1.54, 1.807) is 6.20 Å². The van der Waals surface area contributed by atoms with Crippen molar-refractivity contribution in [2.24, 2.45) is 11.5 Å². The number of unbranched alkanes of at least 4 members (excludes halogenated alkanes) is 1. The van der Waals surface area contributed by atoms with Gasteiger partial charge >= 0.3 is 11.9 Å². The molecule has 1 aromatic carbocycles. The Kier molecular flexibility index (Phi) is 14.1. The molecule has 10 N–H and O–H groups in total. The lowest BCUT2D eigenvalue weighted by atomic mass is 10.0. The monoisotopic (exact) mass is 592 g/mol. The van der Waals surface area contributed by atoms with E-state index in [0.717, 1.165) is 10.9 Å². The number of thioether (sulfide) groups is 1. The van der Waals surface area contributed by atoms with Crippen LogP contribution in [-0.4, -0.2) is 87.6 Å². The molecule has 0 radical (unpaired) electrons. The molecule has 226 valence electrons. The molecule has 0 aliphatic carbocycles. The summed E-state index contributed by atoms with van der Waals surface area (Å²) in [6.45, 7) is 0.446. The van der Waals surface area contributed by atoms with E-state index in [0.29, 0.717) is 37.1 Å². The van der Waals surface area contributed by atoms with Gasteiger partial charge in [-0.3, -0.25) is 19.2 Å². The molecular weight excluding hydrogens is 552 g/mol. The Bertz CT molecular complexity index is 1190. The summed E-state index contributed by atoms with van der Waals surface area (Å²) in [5.41, 5.74) is 12.9. The highest BCUT2D eigenvalue weighted by Gasteiger charge is 2.31. The molecule has 3 amide bonds. The maximum atomic E-state index is 13.2. The summed E-state index contributed by atoms with van der Waals surface area (Å²) in [7, 11) is 0. The number of rotatable bonds is 19. The van der Waals surface area contributed by atoms with Crippen LogP contribution in [0.2, 0.25) is 0 Å². The van der Waals surface area contributed by atoms with Gasteiger partial charge in [-0.1, -0.05) is 24.6 Å². The molecule has 0 saturated heterocycles. The average Bonchev–Trinajstić information content (AvgIpc) is 3.35. The number of amides is 3. The molecule has 4 unspecified atom stereocenters. The number of benzene rings is 1. The third-order valence-corrected chi connectivity index (χ3v) is 7.19. The van der Waals surface area contributed by atoms with Gasteiger partial charge in [-0.05, 0) is 55.9 Å². The molecule has 4 atom stereocenters. The van der Waals surface area contributed by atoms with Crippen molar-refractivity contribution >= 4 is 52.3 Å². The van der Waals surface area contributed by atoms with Gasteiger partial charge in [0.25, 0.3) is 0 Å². The maximum Gasteiger partial charge on any atom is 0.326 e. The minimum absolute atomic E-state index is 0.00756. The summed E-state index contributed by atoms with van der Waals surface area (Å²) in [6, 6.07) is 2.80. The smallest absolute Gasteiger partial charge is 0.326 e. The van der Waals surface area contributed by atoms with Crippen LogP contribution in [0.5, 0.6) is 0 Å². The minimum Gasteiger partial charge on any atom is -0.481 e. The van der Waals surface area contributed by atoms with E-state index >= 15 is 0 Å². The van der Waals surface area contributed by atoms with E-state index in [1.807, 2.05) is 30.5 Å². The highest BCUT2D eigenvalue weighted by molar-refractivity contribution is 7.98. The zero-order valence-electron chi connectivity index (χ0n) is 23.1. The zero-order valence-corrected chi connectivity index (χ0v) is 23.9. The average molecular weight is 593 g/mol. The van der Waals surface area contributed by atoms with Crippen molar-refractivity contribution in [1.29, 1.82) is 0 Å². The van der Waals surface area contributed by atoms with Crippen molar-refractivity contribution in [3.05, 3.63) is 36.0 Å². The minimum atomic E-state index is -1.27. The predicted molar refractivity (Wildman–Crippen MR) is 156 cm³/mol. The van der Waals surface area contributed by atoms with Gasteiger partial charge in [0.05, 0.1) is 6.04 Å². The summed E-state index contributed by atoms with van der Waals surface area (Å²) >= 11 is 1.43. The van der Waals surface area contributed by atoms with Gasteiger partial charge in [0, 0.05) is 29.9 Å². The number of hydrogen-bond acceptors (Lipinski definition) is 8. The topological polar surface area (TPSA) is 230 Å². The quantitative estimate of drug-likeness (QED) is 0.104. The number of hydrogen-bond donors (Lipinski definition) is 8. The van der Waals surface area contributed by atoms with Crippen molar-refractivity contribution in [3.63, 3.8) is 0 Å². The molecule has 1 heterocycles. The lowest BCUT2D eigenvalue weighted by molar-refractivity contribution is -0.142. The second-order valence-electron chi connectivity index (χ2n) is 9.69. The highest BCUT2D eigenvalue weighted by atomic mass is 32.2. The standard InChI is InChI=1S/C27H40N6O7S/c1-41-13-11-21(26(38)33-22(27(39)40)14-16-15-30-19-8-3-2-6-17(16)19)32-25(37)20(9-10-23(34)35)31-24(36)18(29)7-4-5-12-28/h2-3,6,8,15,18,20-22,30H,4-5,7,9-14,28-29H2,1H3,(H,31,36)(H,32,37)(H,33,38)(H,34,35)(H,39,40). The van der Waals surface area contributed by atoms with Gasteiger partial charge in [-0.2, -0.15) is 11.8 Å². The van der Waals surface area contributed by atoms with Gasteiger partial charge < -0.3 is 42.6 Å². The van der Waals surface area contributed by atoms with E-state index in [9.17, 15) is 29.1 Å². The maximum absolute atomic E-state index is 13.2. The van der Waals surface area contributed by atoms with Crippen LogP contribution >= 0.6 is 11.8 Å². The number of aromatic amines is 1.